The first kappa shape index (κ1) is 14.7. The van der Waals surface area contributed by atoms with Crippen molar-refractivity contribution in [3.8, 4) is 0 Å². The number of carbonyl (C=O) groups excluding carboxylic acids is 1. The number of aromatic carboxylic acids is 1. The highest BCUT2D eigenvalue weighted by atomic mass is 32.1. The molecule has 7 nitrogen and oxygen atoms in total. The molecule has 0 aliphatic heterocycles. The first-order chi connectivity index (χ1) is 9.90. The third-order valence-electron chi connectivity index (χ3n) is 2.72. The minimum atomic E-state index is -1.10. The van der Waals surface area contributed by atoms with E-state index >= 15 is 0 Å². The fourth-order valence-corrected chi connectivity index (χ4v) is 2.52. The lowest BCUT2D eigenvalue weighted by Crippen LogP contribution is -2.13. The summed E-state index contributed by atoms with van der Waals surface area (Å²) in [5, 5.41) is 22.6. The predicted molar refractivity (Wildman–Crippen MR) is 77.1 cm³/mol. The van der Waals surface area contributed by atoms with Gasteiger partial charge in [-0.05, 0) is 25.1 Å². The number of nitro groups is 1. The SMILES string of the molecule is Cc1cccc(C(=O)Nc2ccc(C(=O)O)s2)c1[N+](=O)[O-]. The molecule has 0 aliphatic carbocycles. The molecule has 0 fully saturated rings. The molecule has 2 rings (SSSR count). The van der Waals surface area contributed by atoms with Gasteiger partial charge in [-0.1, -0.05) is 12.1 Å². The maximum absolute atomic E-state index is 12.1. The molecule has 0 spiro atoms. The smallest absolute Gasteiger partial charge is 0.345 e. The van der Waals surface area contributed by atoms with Gasteiger partial charge in [0.15, 0.2) is 0 Å². The van der Waals surface area contributed by atoms with Crippen molar-refractivity contribution < 1.29 is 19.6 Å². The van der Waals surface area contributed by atoms with Gasteiger partial charge in [0.1, 0.15) is 10.4 Å². The van der Waals surface area contributed by atoms with Gasteiger partial charge in [-0.25, -0.2) is 4.79 Å². The van der Waals surface area contributed by atoms with Gasteiger partial charge in [0, 0.05) is 5.56 Å². The summed E-state index contributed by atoms with van der Waals surface area (Å²) in [5.41, 5.74) is 0.0559. The molecule has 0 bridgehead atoms. The van der Waals surface area contributed by atoms with Gasteiger partial charge in [0.25, 0.3) is 11.6 Å². The van der Waals surface area contributed by atoms with Crippen LogP contribution in [0.25, 0.3) is 0 Å². The van der Waals surface area contributed by atoms with Gasteiger partial charge >= 0.3 is 5.97 Å². The van der Waals surface area contributed by atoms with E-state index in [1.165, 1.54) is 18.2 Å². The molecule has 8 heteroatoms. The largest absolute Gasteiger partial charge is 0.477 e. The van der Waals surface area contributed by atoms with Gasteiger partial charge in [-0.3, -0.25) is 14.9 Å². The lowest BCUT2D eigenvalue weighted by molar-refractivity contribution is -0.385. The van der Waals surface area contributed by atoms with Crippen LogP contribution in [0.2, 0.25) is 0 Å². The Kier molecular flexibility index (Phi) is 3.99. The summed E-state index contributed by atoms with van der Waals surface area (Å²) < 4.78 is 0. The van der Waals surface area contributed by atoms with Crippen LogP contribution in [-0.4, -0.2) is 21.9 Å². The molecular weight excluding hydrogens is 296 g/mol. The number of nitrogens with one attached hydrogen (secondary N) is 1. The zero-order valence-electron chi connectivity index (χ0n) is 10.8. The Balaban J connectivity index is 2.30. The van der Waals surface area contributed by atoms with E-state index < -0.39 is 16.8 Å². The van der Waals surface area contributed by atoms with Crippen molar-refractivity contribution >= 4 is 33.9 Å². The van der Waals surface area contributed by atoms with Gasteiger partial charge in [-0.2, -0.15) is 0 Å². The number of rotatable bonds is 4. The number of nitro benzene ring substituents is 1. The quantitative estimate of drug-likeness (QED) is 0.666. The van der Waals surface area contributed by atoms with Gasteiger partial charge in [-0.15, -0.1) is 11.3 Å². The molecule has 0 aliphatic rings. The first-order valence-electron chi connectivity index (χ1n) is 5.78. The number of thiophene rings is 1. The average Bonchev–Trinajstić information content (AvgIpc) is 2.86. The van der Waals surface area contributed by atoms with E-state index in [4.69, 9.17) is 5.11 Å². The summed E-state index contributed by atoms with van der Waals surface area (Å²) in [4.78, 5) is 33.4. The van der Waals surface area contributed by atoms with Crippen molar-refractivity contribution in [2.45, 2.75) is 6.92 Å². The molecule has 0 saturated carbocycles. The van der Waals surface area contributed by atoms with Gasteiger partial charge < -0.3 is 10.4 Å². The summed E-state index contributed by atoms with van der Waals surface area (Å²) in [7, 11) is 0. The second kappa shape index (κ2) is 5.71. The number of hydrogen-bond acceptors (Lipinski definition) is 5. The molecule has 0 atom stereocenters. The van der Waals surface area contributed by atoms with Crippen LogP contribution >= 0.6 is 11.3 Å². The third-order valence-corrected chi connectivity index (χ3v) is 3.71. The van der Waals surface area contributed by atoms with Gasteiger partial charge in [0.05, 0.1) is 9.92 Å². The number of carboxylic acids is 1. The van der Waals surface area contributed by atoms with E-state index in [1.54, 1.807) is 19.1 Å². The van der Waals surface area contributed by atoms with Crippen molar-refractivity contribution in [1.82, 2.24) is 0 Å². The molecule has 2 N–H and O–H groups in total. The van der Waals surface area contributed by atoms with E-state index in [1.807, 2.05) is 0 Å². The molecule has 0 saturated heterocycles. The molecule has 1 amide bonds. The van der Waals surface area contributed by atoms with E-state index in [9.17, 15) is 19.7 Å². The molecule has 1 aromatic heterocycles. The summed E-state index contributed by atoms with van der Waals surface area (Å²) >= 11 is 0.881. The second-order valence-corrected chi connectivity index (χ2v) is 5.24. The van der Waals surface area contributed by atoms with Crippen LogP contribution in [0.5, 0.6) is 0 Å². The monoisotopic (exact) mass is 306 g/mol. The first-order valence-corrected chi connectivity index (χ1v) is 6.60. The highest BCUT2D eigenvalue weighted by Gasteiger charge is 2.22. The van der Waals surface area contributed by atoms with Crippen LogP contribution < -0.4 is 5.32 Å². The Morgan fingerprint density at radius 3 is 2.57 bits per heavy atom. The van der Waals surface area contributed by atoms with Crippen LogP contribution in [0.1, 0.15) is 25.6 Å². The number of nitrogens with zero attached hydrogens (tertiary/aromatic N) is 1. The van der Waals surface area contributed by atoms with E-state index in [-0.39, 0.29) is 16.1 Å². The van der Waals surface area contributed by atoms with Gasteiger partial charge in [0.2, 0.25) is 0 Å². The molecule has 1 aromatic carbocycles. The fourth-order valence-electron chi connectivity index (χ4n) is 1.78. The standard InChI is InChI=1S/C13H10N2O5S/c1-7-3-2-4-8(11(7)15(19)20)12(16)14-10-6-5-9(21-10)13(17)18/h2-6H,1H3,(H,14,16)(H,17,18). The maximum atomic E-state index is 12.1. The van der Waals surface area contributed by atoms with Crippen molar-refractivity contribution in [1.29, 1.82) is 0 Å². The Morgan fingerprint density at radius 1 is 1.29 bits per heavy atom. The van der Waals surface area contributed by atoms with Crippen LogP contribution in [0.3, 0.4) is 0 Å². The highest BCUT2D eigenvalue weighted by Crippen LogP contribution is 2.26. The number of anilines is 1. The normalized spacial score (nSPS) is 10.1. The number of carboxylic acid groups (broad SMARTS) is 1. The topological polar surface area (TPSA) is 110 Å². The summed E-state index contributed by atoms with van der Waals surface area (Å²) in [6.07, 6.45) is 0. The van der Waals surface area contributed by atoms with E-state index in [2.05, 4.69) is 5.32 Å². The number of aryl methyl sites for hydroxylation is 1. The van der Waals surface area contributed by atoms with Crippen LogP contribution in [0.4, 0.5) is 10.7 Å². The molecule has 0 unspecified atom stereocenters. The van der Waals surface area contributed by atoms with Crippen LogP contribution in [0.15, 0.2) is 30.3 Å². The molecule has 1 heterocycles. The Hall–Kier alpha value is -2.74. The summed E-state index contributed by atoms with van der Waals surface area (Å²) in [6, 6.07) is 7.24. The Bertz CT molecular complexity index is 738. The average molecular weight is 306 g/mol. The summed E-state index contributed by atoms with van der Waals surface area (Å²) in [5.74, 6) is -1.74. The molecule has 2 aromatic rings. The number of carbonyl (C=O) groups is 2. The zero-order chi connectivity index (χ0) is 15.6. The molecule has 21 heavy (non-hydrogen) atoms. The third kappa shape index (κ3) is 3.06. The van der Waals surface area contributed by atoms with E-state index in [0.717, 1.165) is 11.3 Å². The molecular formula is C13H10N2O5S. The highest BCUT2D eigenvalue weighted by molar-refractivity contribution is 7.18. The van der Waals surface area contributed by atoms with Crippen LogP contribution in [-0.2, 0) is 0 Å². The maximum Gasteiger partial charge on any atom is 0.345 e. The predicted octanol–water partition coefficient (Wildman–Crippen LogP) is 2.92. The van der Waals surface area contributed by atoms with Crippen molar-refractivity contribution in [2.24, 2.45) is 0 Å². The lowest BCUT2D eigenvalue weighted by atomic mass is 10.1. The second-order valence-electron chi connectivity index (χ2n) is 4.15. The minimum absolute atomic E-state index is 0.0646. The minimum Gasteiger partial charge on any atom is -0.477 e. The van der Waals surface area contributed by atoms with Crippen molar-refractivity contribution in [3.63, 3.8) is 0 Å². The van der Waals surface area contributed by atoms with E-state index in [0.29, 0.717) is 10.6 Å². The number of amides is 1. The zero-order valence-corrected chi connectivity index (χ0v) is 11.6. The van der Waals surface area contributed by atoms with Crippen molar-refractivity contribution in [3.05, 3.63) is 56.5 Å². The Morgan fingerprint density at radius 2 is 2.00 bits per heavy atom. The summed E-state index contributed by atoms with van der Waals surface area (Å²) in [6.45, 7) is 1.54. The molecule has 0 radical (unpaired) electrons. The van der Waals surface area contributed by atoms with Crippen LogP contribution in [0, 0.1) is 17.0 Å². The number of para-hydroxylation sites is 1. The Labute approximate surface area is 123 Å². The van der Waals surface area contributed by atoms with Crippen molar-refractivity contribution in [2.75, 3.05) is 5.32 Å². The fraction of sp³-hybridized carbons (Fsp3) is 0.0769. The number of hydrogen-bond donors (Lipinski definition) is 2. The number of benzene rings is 1. The lowest BCUT2D eigenvalue weighted by Gasteiger charge is -2.05. The molecule has 108 valence electrons.